The standard InChI is InChI=1S/C9H12NO2/c1-2-3-4-5-8-7-12-10-9(8)6-11/h7H,2-5H2,1H3. The zero-order valence-corrected chi connectivity index (χ0v) is 7.17. The number of carbonyl (C=O) groups excluding carboxylic acids is 1. The molecule has 0 atom stereocenters. The summed E-state index contributed by atoms with van der Waals surface area (Å²) in [7, 11) is 0. The Balaban J connectivity index is 2.45. The van der Waals surface area contributed by atoms with E-state index in [1.165, 1.54) is 19.1 Å². The van der Waals surface area contributed by atoms with Gasteiger partial charge in [-0.15, -0.1) is 0 Å². The van der Waals surface area contributed by atoms with E-state index in [0.717, 1.165) is 18.4 Å². The molecule has 0 amide bonds. The Morgan fingerprint density at radius 2 is 2.42 bits per heavy atom. The van der Waals surface area contributed by atoms with Crippen LogP contribution in [0, 0.1) is 0 Å². The van der Waals surface area contributed by atoms with E-state index in [2.05, 4.69) is 16.6 Å². The molecule has 0 saturated carbocycles. The molecule has 0 bridgehead atoms. The van der Waals surface area contributed by atoms with Crippen LogP contribution in [0.3, 0.4) is 0 Å². The lowest BCUT2D eigenvalue weighted by Crippen LogP contribution is -1.89. The molecule has 0 aliphatic heterocycles. The number of rotatable bonds is 5. The molecule has 0 aromatic carbocycles. The summed E-state index contributed by atoms with van der Waals surface area (Å²) in [6.45, 7) is 2.14. The molecular weight excluding hydrogens is 154 g/mol. The van der Waals surface area contributed by atoms with Gasteiger partial charge in [0.25, 0.3) is 6.29 Å². The quantitative estimate of drug-likeness (QED) is 0.627. The van der Waals surface area contributed by atoms with Crippen LogP contribution >= 0.6 is 0 Å². The second-order valence-electron chi connectivity index (χ2n) is 2.75. The molecule has 1 radical (unpaired) electrons. The molecule has 0 spiro atoms. The summed E-state index contributed by atoms with van der Waals surface area (Å²) in [5.74, 6) is 0. The number of unbranched alkanes of at least 4 members (excludes halogenated alkanes) is 2. The van der Waals surface area contributed by atoms with Crippen molar-refractivity contribution >= 4 is 6.29 Å². The topological polar surface area (TPSA) is 43.1 Å². The van der Waals surface area contributed by atoms with E-state index in [9.17, 15) is 4.79 Å². The number of nitrogens with zero attached hydrogens (tertiary/aromatic N) is 1. The highest BCUT2D eigenvalue weighted by Crippen LogP contribution is 2.09. The van der Waals surface area contributed by atoms with Gasteiger partial charge in [0.15, 0.2) is 5.69 Å². The number of hydrogen-bond acceptors (Lipinski definition) is 3. The van der Waals surface area contributed by atoms with E-state index in [1.54, 1.807) is 6.29 Å². The summed E-state index contributed by atoms with van der Waals surface area (Å²) in [5.41, 5.74) is 1.20. The minimum absolute atomic E-state index is 0.325. The van der Waals surface area contributed by atoms with Crippen molar-refractivity contribution in [1.82, 2.24) is 5.16 Å². The summed E-state index contributed by atoms with van der Waals surface area (Å²) >= 11 is 0. The van der Waals surface area contributed by atoms with E-state index in [-0.39, 0.29) is 0 Å². The fourth-order valence-corrected chi connectivity index (χ4v) is 1.08. The van der Waals surface area contributed by atoms with Gasteiger partial charge in [-0.1, -0.05) is 24.9 Å². The van der Waals surface area contributed by atoms with E-state index < -0.39 is 0 Å². The SMILES string of the molecule is CCCCCc1conc1[C]=O. The highest BCUT2D eigenvalue weighted by molar-refractivity contribution is 5.74. The first kappa shape index (κ1) is 8.97. The molecule has 1 aromatic rings. The Morgan fingerprint density at radius 3 is 3.08 bits per heavy atom. The van der Waals surface area contributed by atoms with Crippen LogP contribution in [-0.4, -0.2) is 11.4 Å². The van der Waals surface area contributed by atoms with Crippen LogP contribution in [0.15, 0.2) is 10.8 Å². The lowest BCUT2D eigenvalue weighted by Gasteiger charge is -1.94. The molecule has 0 saturated heterocycles. The minimum atomic E-state index is 0.325. The summed E-state index contributed by atoms with van der Waals surface area (Å²) in [5, 5.41) is 3.51. The third-order valence-electron chi connectivity index (χ3n) is 1.79. The zero-order chi connectivity index (χ0) is 8.81. The predicted molar refractivity (Wildman–Crippen MR) is 44.5 cm³/mol. The molecule has 0 aliphatic carbocycles. The highest BCUT2D eigenvalue weighted by Gasteiger charge is 2.05. The van der Waals surface area contributed by atoms with Gasteiger partial charge in [-0.05, 0) is 12.8 Å². The first-order valence-corrected chi connectivity index (χ1v) is 4.20. The van der Waals surface area contributed by atoms with E-state index in [4.69, 9.17) is 0 Å². The molecule has 65 valence electrons. The first-order valence-electron chi connectivity index (χ1n) is 4.20. The molecule has 1 rings (SSSR count). The largest absolute Gasteiger partial charge is 0.364 e. The fraction of sp³-hybridized carbons (Fsp3) is 0.556. The number of aryl methyl sites for hydroxylation is 1. The summed E-state index contributed by atoms with van der Waals surface area (Å²) in [6, 6.07) is 0. The van der Waals surface area contributed by atoms with Gasteiger partial charge in [0.2, 0.25) is 0 Å². The van der Waals surface area contributed by atoms with Crippen molar-refractivity contribution in [2.24, 2.45) is 0 Å². The third-order valence-corrected chi connectivity index (χ3v) is 1.79. The Hall–Kier alpha value is -1.12. The van der Waals surface area contributed by atoms with E-state index >= 15 is 0 Å². The van der Waals surface area contributed by atoms with Crippen LogP contribution in [-0.2, 0) is 11.2 Å². The van der Waals surface area contributed by atoms with Gasteiger partial charge in [-0.25, -0.2) is 0 Å². The number of aromatic nitrogens is 1. The third kappa shape index (κ3) is 2.19. The first-order chi connectivity index (χ1) is 5.88. The summed E-state index contributed by atoms with van der Waals surface area (Å²) < 4.78 is 4.65. The molecular formula is C9H12NO2. The molecule has 0 N–H and O–H groups in total. The van der Waals surface area contributed by atoms with Crippen molar-refractivity contribution in [2.75, 3.05) is 0 Å². The Kier molecular flexibility index (Phi) is 3.51. The Labute approximate surface area is 71.7 Å². The Bertz CT molecular complexity index is 242. The second-order valence-corrected chi connectivity index (χ2v) is 2.75. The van der Waals surface area contributed by atoms with E-state index in [0.29, 0.717) is 5.69 Å². The number of hydrogen-bond donors (Lipinski definition) is 0. The molecule has 3 heteroatoms. The fourth-order valence-electron chi connectivity index (χ4n) is 1.08. The molecule has 12 heavy (non-hydrogen) atoms. The van der Waals surface area contributed by atoms with Crippen LogP contribution in [0.5, 0.6) is 0 Å². The van der Waals surface area contributed by atoms with Gasteiger partial charge in [-0.3, -0.25) is 4.79 Å². The molecule has 0 fully saturated rings. The van der Waals surface area contributed by atoms with Gasteiger partial charge >= 0.3 is 0 Å². The maximum atomic E-state index is 10.3. The zero-order valence-electron chi connectivity index (χ0n) is 7.17. The minimum Gasteiger partial charge on any atom is -0.364 e. The van der Waals surface area contributed by atoms with Gasteiger partial charge < -0.3 is 4.52 Å². The predicted octanol–water partition coefficient (Wildman–Crippen LogP) is 1.87. The molecule has 0 aliphatic rings. The molecule has 1 aromatic heterocycles. The molecule has 0 unspecified atom stereocenters. The second kappa shape index (κ2) is 4.70. The van der Waals surface area contributed by atoms with Crippen LogP contribution in [0.25, 0.3) is 0 Å². The van der Waals surface area contributed by atoms with Gasteiger partial charge in [0.05, 0.1) is 0 Å². The summed E-state index contributed by atoms with van der Waals surface area (Å²) in [6.07, 6.45) is 7.55. The van der Waals surface area contributed by atoms with Gasteiger partial charge in [-0.2, -0.15) is 0 Å². The lowest BCUT2D eigenvalue weighted by molar-refractivity contribution is 0.416. The smallest absolute Gasteiger partial charge is 0.257 e. The average Bonchev–Trinajstić information content (AvgIpc) is 2.52. The molecule has 3 nitrogen and oxygen atoms in total. The molecule has 1 heterocycles. The van der Waals surface area contributed by atoms with Crippen LogP contribution < -0.4 is 0 Å². The maximum Gasteiger partial charge on any atom is 0.257 e. The monoisotopic (exact) mass is 166 g/mol. The van der Waals surface area contributed by atoms with Crippen LogP contribution in [0.4, 0.5) is 0 Å². The van der Waals surface area contributed by atoms with E-state index in [1.807, 2.05) is 0 Å². The van der Waals surface area contributed by atoms with Crippen LogP contribution in [0.2, 0.25) is 0 Å². The average molecular weight is 166 g/mol. The van der Waals surface area contributed by atoms with Crippen LogP contribution in [0.1, 0.15) is 37.4 Å². The lowest BCUT2D eigenvalue weighted by atomic mass is 10.1. The van der Waals surface area contributed by atoms with Crippen molar-refractivity contribution in [3.8, 4) is 0 Å². The van der Waals surface area contributed by atoms with Crippen molar-refractivity contribution in [3.05, 3.63) is 17.5 Å². The van der Waals surface area contributed by atoms with Crippen molar-refractivity contribution in [3.63, 3.8) is 0 Å². The van der Waals surface area contributed by atoms with Crippen molar-refractivity contribution in [2.45, 2.75) is 32.6 Å². The normalized spacial score (nSPS) is 10.1. The highest BCUT2D eigenvalue weighted by atomic mass is 16.5. The summed E-state index contributed by atoms with van der Waals surface area (Å²) in [4.78, 5) is 10.3. The van der Waals surface area contributed by atoms with Crippen molar-refractivity contribution in [1.29, 1.82) is 0 Å². The Morgan fingerprint density at radius 1 is 1.58 bits per heavy atom. The maximum absolute atomic E-state index is 10.3. The van der Waals surface area contributed by atoms with Crippen molar-refractivity contribution < 1.29 is 9.32 Å². The van der Waals surface area contributed by atoms with Gasteiger partial charge in [0, 0.05) is 5.56 Å². The van der Waals surface area contributed by atoms with Gasteiger partial charge in [0.1, 0.15) is 6.26 Å².